The van der Waals surface area contributed by atoms with E-state index in [1.54, 1.807) is 0 Å². The quantitative estimate of drug-likeness (QED) is 0.487. The Labute approximate surface area is 212 Å². The summed E-state index contributed by atoms with van der Waals surface area (Å²) in [6, 6.07) is 7.79. The lowest BCUT2D eigenvalue weighted by atomic mass is 9.85. The van der Waals surface area contributed by atoms with Crippen molar-refractivity contribution < 1.29 is 14.3 Å². The van der Waals surface area contributed by atoms with Gasteiger partial charge in [0.1, 0.15) is 11.9 Å². The van der Waals surface area contributed by atoms with E-state index < -0.39 is 0 Å². The van der Waals surface area contributed by atoms with Gasteiger partial charge in [-0.05, 0) is 56.6 Å². The zero-order valence-electron chi connectivity index (χ0n) is 21.9. The van der Waals surface area contributed by atoms with Gasteiger partial charge < -0.3 is 14.5 Å². The second-order valence-electron chi connectivity index (χ2n) is 11.1. The highest BCUT2D eigenvalue weighted by Crippen LogP contribution is 2.32. The molecule has 2 atom stereocenters. The maximum absolute atomic E-state index is 13.6. The average molecular weight is 483 g/mol. The molecule has 3 aliphatic rings. The molecule has 2 saturated carbocycles. The van der Waals surface area contributed by atoms with Crippen LogP contribution in [0.1, 0.15) is 113 Å². The van der Waals surface area contributed by atoms with E-state index in [9.17, 15) is 9.59 Å². The Balaban J connectivity index is 1.53. The van der Waals surface area contributed by atoms with Crippen LogP contribution in [0.2, 0.25) is 0 Å². The second-order valence-corrected chi connectivity index (χ2v) is 11.1. The van der Waals surface area contributed by atoms with Gasteiger partial charge in [0.2, 0.25) is 5.91 Å². The molecule has 0 radical (unpaired) electrons. The number of carbonyl (C=O) groups excluding carboxylic acids is 2. The number of nitrogens with zero attached hydrogens (tertiary/aromatic N) is 2. The van der Waals surface area contributed by atoms with E-state index in [-0.39, 0.29) is 18.1 Å². The van der Waals surface area contributed by atoms with Crippen molar-refractivity contribution in [3.05, 3.63) is 29.8 Å². The molecule has 1 heterocycles. The summed E-state index contributed by atoms with van der Waals surface area (Å²) < 4.78 is 6.63. The molecule has 2 fully saturated rings. The molecule has 2 amide bonds. The number of hydrogen-bond acceptors (Lipinski definition) is 3. The minimum Gasteiger partial charge on any atom is -0.487 e. The summed E-state index contributed by atoms with van der Waals surface area (Å²) in [5.74, 6) is 1.75. The van der Waals surface area contributed by atoms with Crippen LogP contribution in [0.5, 0.6) is 5.75 Å². The van der Waals surface area contributed by atoms with Crippen LogP contribution in [0.3, 0.4) is 0 Å². The molecule has 0 aromatic heterocycles. The van der Waals surface area contributed by atoms with Crippen LogP contribution in [-0.4, -0.2) is 53.9 Å². The summed E-state index contributed by atoms with van der Waals surface area (Å²) in [7, 11) is 1.90. The SMILES string of the molecule is CN1CCCCCCCN(C(=O)CCC2CCCCC2)[C@@H]2CCCC[C@@H]2Oc2ccccc2C1=O. The first-order chi connectivity index (χ1) is 17.1. The van der Waals surface area contributed by atoms with Crippen molar-refractivity contribution in [1.82, 2.24) is 9.80 Å². The summed E-state index contributed by atoms with van der Waals surface area (Å²) in [6.45, 7) is 1.61. The summed E-state index contributed by atoms with van der Waals surface area (Å²) >= 11 is 0. The summed E-state index contributed by atoms with van der Waals surface area (Å²) in [5.41, 5.74) is 0.643. The molecule has 0 bridgehead atoms. The van der Waals surface area contributed by atoms with Gasteiger partial charge in [0.05, 0.1) is 11.6 Å². The summed E-state index contributed by atoms with van der Waals surface area (Å²) in [6.07, 6.45) is 17.9. The number of rotatable bonds is 3. The van der Waals surface area contributed by atoms with Crippen molar-refractivity contribution in [2.24, 2.45) is 5.92 Å². The van der Waals surface area contributed by atoms with Gasteiger partial charge in [0, 0.05) is 26.6 Å². The van der Waals surface area contributed by atoms with Crippen LogP contribution in [0.15, 0.2) is 24.3 Å². The Morgan fingerprint density at radius 1 is 0.857 bits per heavy atom. The Morgan fingerprint density at radius 2 is 1.51 bits per heavy atom. The highest BCUT2D eigenvalue weighted by molar-refractivity contribution is 5.96. The molecule has 5 nitrogen and oxygen atoms in total. The number of benzene rings is 1. The first-order valence-electron chi connectivity index (χ1n) is 14.4. The Morgan fingerprint density at radius 3 is 2.34 bits per heavy atom. The van der Waals surface area contributed by atoms with E-state index in [0.29, 0.717) is 23.6 Å². The Kier molecular flexibility index (Phi) is 9.91. The van der Waals surface area contributed by atoms with Gasteiger partial charge in [0.15, 0.2) is 0 Å². The van der Waals surface area contributed by atoms with Gasteiger partial charge in [-0.1, -0.05) is 69.9 Å². The van der Waals surface area contributed by atoms with Crippen molar-refractivity contribution in [3.8, 4) is 5.75 Å². The molecule has 5 heteroatoms. The molecular weight excluding hydrogens is 436 g/mol. The van der Waals surface area contributed by atoms with Crippen molar-refractivity contribution in [2.45, 2.75) is 115 Å². The highest BCUT2D eigenvalue weighted by atomic mass is 16.5. The number of carbonyl (C=O) groups is 2. The third kappa shape index (κ3) is 7.24. The third-order valence-corrected chi connectivity index (χ3v) is 8.51. The normalized spacial score (nSPS) is 25.6. The van der Waals surface area contributed by atoms with Crippen LogP contribution in [0, 0.1) is 5.92 Å². The maximum atomic E-state index is 13.6. The van der Waals surface area contributed by atoms with Gasteiger partial charge in [0.25, 0.3) is 5.91 Å². The molecular formula is C30H46N2O3. The third-order valence-electron chi connectivity index (χ3n) is 8.51. The largest absolute Gasteiger partial charge is 0.487 e. The van der Waals surface area contributed by atoms with E-state index in [0.717, 1.165) is 83.2 Å². The molecule has 1 aromatic rings. The summed E-state index contributed by atoms with van der Waals surface area (Å²) in [4.78, 5) is 30.9. The molecule has 2 aliphatic carbocycles. The van der Waals surface area contributed by atoms with Gasteiger partial charge in [-0.25, -0.2) is 0 Å². The second kappa shape index (κ2) is 13.3. The monoisotopic (exact) mass is 482 g/mol. The van der Waals surface area contributed by atoms with Crippen LogP contribution in [0.25, 0.3) is 0 Å². The van der Waals surface area contributed by atoms with E-state index >= 15 is 0 Å². The van der Waals surface area contributed by atoms with E-state index in [2.05, 4.69) is 4.90 Å². The number of hydrogen-bond donors (Lipinski definition) is 0. The minimum atomic E-state index is -0.0493. The predicted molar refractivity (Wildman–Crippen MR) is 141 cm³/mol. The van der Waals surface area contributed by atoms with Crippen LogP contribution < -0.4 is 4.74 Å². The van der Waals surface area contributed by atoms with Crippen LogP contribution in [0.4, 0.5) is 0 Å². The van der Waals surface area contributed by atoms with Gasteiger partial charge in [-0.15, -0.1) is 0 Å². The molecule has 0 saturated heterocycles. The summed E-state index contributed by atoms with van der Waals surface area (Å²) in [5, 5.41) is 0. The minimum absolute atomic E-state index is 0.0308. The van der Waals surface area contributed by atoms with Crippen molar-refractivity contribution in [1.29, 1.82) is 0 Å². The average Bonchev–Trinajstić information content (AvgIpc) is 2.90. The lowest BCUT2D eigenvalue weighted by Gasteiger charge is -2.40. The number of fused-ring (bicyclic) bond motifs is 2. The topological polar surface area (TPSA) is 49.9 Å². The van der Waals surface area contributed by atoms with E-state index in [4.69, 9.17) is 4.74 Å². The molecule has 0 unspecified atom stereocenters. The highest BCUT2D eigenvalue weighted by Gasteiger charge is 2.35. The van der Waals surface area contributed by atoms with E-state index in [1.165, 1.54) is 32.1 Å². The first kappa shape index (κ1) is 26.0. The fraction of sp³-hybridized carbons (Fsp3) is 0.733. The van der Waals surface area contributed by atoms with Crippen LogP contribution >= 0.6 is 0 Å². The zero-order chi connectivity index (χ0) is 24.5. The Hall–Kier alpha value is -2.04. The Bertz CT molecular complexity index is 820. The standard InChI is InChI=1S/C30H46N2O3/c1-31-22-12-3-2-4-13-23-32(29(33)21-20-24-14-6-5-7-15-24)26-17-9-11-19-28(26)35-27-18-10-8-16-25(27)30(31)34/h8,10,16,18,24,26,28H,2-7,9,11-15,17,19-23H2,1H3/t26-,28+/m1/s1. The lowest BCUT2D eigenvalue weighted by molar-refractivity contribution is -0.137. The lowest BCUT2D eigenvalue weighted by Crippen LogP contribution is -2.51. The van der Waals surface area contributed by atoms with Gasteiger partial charge >= 0.3 is 0 Å². The predicted octanol–water partition coefficient (Wildman–Crippen LogP) is 6.60. The van der Waals surface area contributed by atoms with Crippen molar-refractivity contribution in [3.63, 3.8) is 0 Å². The van der Waals surface area contributed by atoms with Gasteiger partial charge in [-0.2, -0.15) is 0 Å². The molecule has 4 rings (SSSR count). The van der Waals surface area contributed by atoms with Gasteiger partial charge in [-0.3, -0.25) is 9.59 Å². The zero-order valence-corrected chi connectivity index (χ0v) is 21.9. The molecule has 1 aromatic carbocycles. The maximum Gasteiger partial charge on any atom is 0.257 e. The fourth-order valence-corrected chi connectivity index (χ4v) is 6.37. The number of para-hydroxylation sites is 1. The first-order valence-corrected chi connectivity index (χ1v) is 14.4. The number of amides is 2. The van der Waals surface area contributed by atoms with Crippen molar-refractivity contribution >= 4 is 11.8 Å². The molecule has 0 spiro atoms. The van der Waals surface area contributed by atoms with Crippen LogP contribution in [-0.2, 0) is 4.79 Å². The van der Waals surface area contributed by atoms with Crippen molar-refractivity contribution in [2.75, 3.05) is 20.1 Å². The molecule has 0 N–H and O–H groups in total. The fourth-order valence-electron chi connectivity index (χ4n) is 6.37. The smallest absolute Gasteiger partial charge is 0.257 e. The number of ether oxygens (including phenoxy) is 1. The van der Waals surface area contributed by atoms with E-state index in [1.807, 2.05) is 36.2 Å². The molecule has 194 valence electrons. The molecule has 35 heavy (non-hydrogen) atoms. The molecule has 1 aliphatic heterocycles.